The van der Waals surface area contributed by atoms with E-state index in [-0.39, 0.29) is 0 Å². The van der Waals surface area contributed by atoms with E-state index in [1.807, 2.05) is 11.8 Å². The Hall–Kier alpha value is -5.31. The minimum atomic E-state index is 0.332. The molecule has 0 amide bonds. The lowest BCUT2D eigenvalue weighted by Crippen LogP contribution is -2.24. The van der Waals surface area contributed by atoms with Crippen LogP contribution in [0.5, 0.6) is 0 Å². The standard InChI is InChI=1S/C47H35NS/c1-29(2)33-15-9-16-36(47(33)48-41-19-7-5-14-40(41)45-35-12-4-3-11-30(35)25-27-42(45)48)32-23-21-31(22-24-32)34-26-28-44-46-38(34)17-10-18-39(46)37-13-6-8-20-43(37)49-44/h3-29,38,46H,1-2H3/t38?,46-/m1/s1. The van der Waals surface area contributed by atoms with Crippen LogP contribution in [0.25, 0.3) is 60.5 Å². The predicted molar refractivity (Wildman–Crippen MR) is 210 cm³/mol. The molecule has 49 heavy (non-hydrogen) atoms. The topological polar surface area (TPSA) is 4.93 Å². The summed E-state index contributed by atoms with van der Waals surface area (Å²) in [5.74, 6) is 1.07. The van der Waals surface area contributed by atoms with Gasteiger partial charge < -0.3 is 4.57 Å². The van der Waals surface area contributed by atoms with Crippen LogP contribution in [0.2, 0.25) is 0 Å². The zero-order chi connectivity index (χ0) is 32.6. The van der Waals surface area contributed by atoms with Gasteiger partial charge in [-0.15, -0.1) is 0 Å². The number of para-hydroxylation sites is 2. The fourth-order valence-electron chi connectivity index (χ4n) is 8.58. The number of hydrogen-bond acceptors (Lipinski definition) is 1. The maximum absolute atomic E-state index is 2.53. The largest absolute Gasteiger partial charge is 0.308 e. The molecule has 0 N–H and O–H groups in total. The molecule has 0 bridgehead atoms. The van der Waals surface area contributed by atoms with Crippen LogP contribution in [0.15, 0.2) is 168 Å². The Morgan fingerprint density at radius 3 is 2.22 bits per heavy atom. The zero-order valence-corrected chi connectivity index (χ0v) is 28.4. The van der Waals surface area contributed by atoms with Gasteiger partial charge in [0, 0.05) is 33.1 Å². The van der Waals surface area contributed by atoms with Crippen molar-refractivity contribution >= 4 is 55.5 Å². The van der Waals surface area contributed by atoms with Crippen LogP contribution in [0, 0.1) is 11.8 Å². The van der Waals surface area contributed by atoms with Crippen molar-refractivity contribution in [3.05, 3.63) is 179 Å². The number of allylic oxidation sites excluding steroid dienone is 8. The van der Waals surface area contributed by atoms with Gasteiger partial charge in [0.2, 0.25) is 0 Å². The molecule has 2 heteroatoms. The van der Waals surface area contributed by atoms with E-state index in [4.69, 9.17) is 0 Å². The van der Waals surface area contributed by atoms with Crippen LogP contribution in [0.1, 0.15) is 36.5 Å². The average molecular weight is 646 g/mol. The molecule has 1 aliphatic heterocycles. The normalized spacial score (nSPS) is 18.0. The molecule has 3 aliphatic rings. The summed E-state index contributed by atoms with van der Waals surface area (Å²) in [5.41, 5.74) is 13.2. The van der Waals surface area contributed by atoms with Crippen LogP contribution in [-0.2, 0) is 0 Å². The van der Waals surface area contributed by atoms with E-state index >= 15 is 0 Å². The Morgan fingerprint density at radius 2 is 1.35 bits per heavy atom. The molecule has 0 saturated carbocycles. The van der Waals surface area contributed by atoms with Gasteiger partial charge in [0.25, 0.3) is 0 Å². The lowest BCUT2D eigenvalue weighted by molar-refractivity contribution is 0.680. The third-order valence-corrected chi connectivity index (χ3v) is 12.0. The summed E-state index contributed by atoms with van der Waals surface area (Å²) in [6.07, 6.45) is 11.8. The van der Waals surface area contributed by atoms with E-state index in [2.05, 4.69) is 176 Å². The van der Waals surface area contributed by atoms with E-state index in [0.29, 0.717) is 17.8 Å². The first-order valence-electron chi connectivity index (χ1n) is 17.4. The monoisotopic (exact) mass is 645 g/mol. The second-order valence-corrected chi connectivity index (χ2v) is 14.9. The zero-order valence-electron chi connectivity index (χ0n) is 27.6. The Balaban J connectivity index is 1.12. The minimum absolute atomic E-state index is 0.332. The molecule has 1 nitrogen and oxygen atoms in total. The lowest BCUT2D eigenvalue weighted by atomic mass is 9.71. The first-order chi connectivity index (χ1) is 24.2. The van der Waals surface area contributed by atoms with Crippen molar-refractivity contribution in [3.8, 4) is 16.8 Å². The van der Waals surface area contributed by atoms with Gasteiger partial charge >= 0.3 is 0 Å². The van der Waals surface area contributed by atoms with Crippen LogP contribution >= 0.6 is 11.8 Å². The summed E-state index contributed by atoms with van der Waals surface area (Å²) < 4.78 is 2.53. The molecular formula is C47H35NS. The maximum Gasteiger partial charge on any atom is 0.0575 e. The smallest absolute Gasteiger partial charge is 0.0575 e. The molecule has 7 aromatic rings. The number of aromatic nitrogens is 1. The minimum Gasteiger partial charge on any atom is -0.308 e. The van der Waals surface area contributed by atoms with E-state index in [9.17, 15) is 0 Å². The van der Waals surface area contributed by atoms with E-state index in [1.54, 1.807) is 0 Å². The molecule has 0 fully saturated rings. The SMILES string of the molecule is CC(C)c1cccc(-c2ccc(C3=CC=C4Sc5ccccc5C5=CC=CC3[C@@H]45)cc2)c1-n1c2ccccc2c2c3ccccc3ccc21. The number of hydrogen-bond donors (Lipinski definition) is 0. The number of fused-ring (bicyclic) bond motifs is 7. The summed E-state index contributed by atoms with van der Waals surface area (Å²) in [4.78, 5) is 2.82. The van der Waals surface area contributed by atoms with Crippen molar-refractivity contribution in [1.29, 1.82) is 0 Å². The quantitative estimate of drug-likeness (QED) is 0.184. The second-order valence-electron chi connectivity index (χ2n) is 13.8. The molecule has 1 unspecified atom stereocenters. The molecule has 0 saturated heterocycles. The molecule has 0 spiro atoms. The molecule has 2 atom stereocenters. The van der Waals surface area contributed by atoms with Gasteiger partial charge in [-0.25, -0.2) is 0 Å². The highest BCUT2D eigenvalue weighted by atomic mass is 32.2. The summed E-state index contributed by atoms with van der Waals surface area (Å²) in [7, 11) is 0. The lowest BCUT2D eigenvalue weighted by Gasteiger charge is -2.39. The van der Waals surface area contributed by atoms with Crippen LogP contribution in [-0.4, -0.2) is 4.57 Å². The van der Waals surface area contributed by atoms with Gasteiger partial charge in [-0.05, 0) is 73.2 Å². The van der Waals surface area contributed by atoms with Crippen molar-refractivity contribution in [2.75, 3.05) is 0 Å². The van der Waals surface area contributed by atoms with Crippen molar-refractivity contribution in [2.24, 2.45) is 11.8 Å². The van der Waals surface area contributed by atoms with Crippen molar-refractivity contribution in [3.63, 3.8) is 0 Å². The highest BCUT2D eigenvalue weighted by Crippen LogP contribution is 2.56. The Labute approximate surface area is 291 Å². The number of nitrogens with zero attached hydrogens (tertiary/aromatic N) is 1. The third-order valence-electron chi connectivity index (χ3n) is 10.8. The van der Waals surface area contributed by atoms with Crippen molar-refractivity contribution in [1.82, 2.24) is 4.57 Å². The highest BCUT2D eigenvalue weighted by molar-refractivity contribution is 8.03. The van der Waals surface area contributed by atoms with Crippen molar-refractivity contribution in [2.45, 2.75) is 24.7 Å². The Kier molecular flexibility index (Phi) is 6.51. The summed E-state index contributed by atoms with van der Waals surface area (Å²) in [6.45, 7) is 4.63. The van der Waals surface area contributed by atoms with Gasteiger partial charge in [-0.1, -0.05) is 165 Å². The number of rotatable bonds is 4. The molecule has 0 radical (unpaired) electrons. The molecular weight excluding hydrogens is 611 g/mol. The van der Waals surface area contributed by atoms with E-state index in [1.165, 1.54) is 87.0 Å². The molecule has 1 aromatic heterocycles. The molecule has 10 rings (SSSR count). The summed E-state index contributed by atoms with van der Waals surface area (Å²) in [6, 6.07) is 47.4. The average Bonchev–Trinajstić information content (AvgIpc) is 3.49. The molecule has 2 aliphatic carbocycles. The maximum atomic E-state index is 2.53. The van der Waals surface area contributed by atoms with Crippen LogP contribution < -0.4 is 0 Å². The molecule has 234 valence electrons. The fraction of sp³-hybridized carbons (Fsp3) is 0.106. The fourth-order valence-corrected chi connectivity index (χ4v) is 9.82. The summed E-state index contributed by atoms with van der Waals surface area (Å²) in [5, 5.41) is 5.19. The first-order valence-corrected chi connectivity index (χ1v) is 18.2. The molecule has 6 aromatic carbocycles. The van der Waals surface area contributed by atoms with Gasteiger partial charge in [-0.2, -0.15) is 0 Å². The van der Waals surface area contributed by atoms with Gasteiger partial charge in [0.15, 0.2) is 0 Å². The summed E-state index contributed by atoms with van der Waals surface area (Å²) >= 11 is 1.94. The third kappa shape index (κ3) is 4.33. The van der Waals surface area contributed by atoms with Gasteiger partial charge in [-0.3, -0.25) is 0 Å². The Morgan fingerprint density at radius 1 is 0.592 bits per heavy atom. The van der Waals surface area contributed by atoms with Crippen molar-refractivity contribution < 1.29 is 0 Å². The highest BCUT2D eigenvalue weighted by Gasteiger charge is 2.38. The predicted octanol–water partition coefficient (Wildman–Crippen LogP) is 13.0. The number of benzene rings is 6. The molecule has 2 heterocycles. The van der Waals surface area contributed by atoms with E-state index in [0.717, 1.165) is 0 Å². The van der Waals surface area contributed by atoms with Crippen LogP contribution in [0.3, 0.4) is 0 Å². The number of thioether (sulfide) groups is 1. The van der Waals surface area contributed by atoms with E-state index < -0.39 is 0 Å². The Bertz CT molecular complexity index is 2610. The van der Waals surface area contributed by atoms with Crippen LogP contribution in [0.4, 0.5) is 0 Å². The second kappa shape index (κ2) is 11.1. The van der Waals surface area contributed by atoms with Gasteiger partial charge in [0.1, 0.15) is 0 Å². The first kappa shape index (κ1) is 28.7. The van der Waals surface area contributed by atoms with Gasteiger partial charge in [0.05, 0.1) is 16.7 Å².